The summed E-state index contributed by atoms with van der Waals surface area (Å²) >= 11 is 0. The molecule has 2 amide bonds. The molecule has 108 valence electrons. The number of rotatable bonds is 7. The van der Waals surface area contributed by atoms with Crippen molar-refractivity contribution < 1.29 is 14.7 Å². The van der Waals surface area contributed by atoms with Crippen LogP contribution in [0, 0.1) is 5.92 Å². The van der Waals surface area contributed by atoms with Gasteiger partial charge in [0.2, 0.25) is 0 Å². The molecule has 1 aliphatic rings. The lowest BCUT2D eigenvalue weighted by Crippen LogP contribution is -2.41. The van der Waals surface area contributed by atoms with E-state index < -0.39 is 18.0 Å². The second-order valence-electron chi connectivity index (χ2n) is 5.17. The third kappa shape index (κ3) is 4.57. The van der Waals surface area contributed by atoms with Crippen molar-refractivity contribution in [2.75, 3.05) is 6.54 Å². The summed E-state index contributed by atoms with van der Waals surface area (Å²) in [6, 6.07) is 7.23. The van der Waals surface area contributed by atoms with E-state index in [0.29, 0.717) is 12.1 Å². The zero-order valence-corrected chi connectivity index (χ0v) is 11.3. The van der Waals surface area contributed by atoms with Gasteiger partial charge in [-0.2, -0.15) is 0 Å². The fourth-order valence-electron chi connectivity index (χ4n) is 2.11. The van der Waals surface area contributed by atoms with Gasteiger partial charge in [0.05, 0.1) is 0 Å². The van der Waals surface area contributed by atoms with Gasteiger partial charge in [0.15, 0.2) is 6.04 Å². The summed E-state index contributed by atoms with van der Waals surface area (Å²) in [7, 11) is 0. The molecule has 0 saturated heterocycles. The normalized spacial score (nSPS) is 15.4. The van der Waals surface area contributed by atoms with E-state index in [9.17, 15) is 14.7 Å². The van der Waals surface area contributed by atoms with Crippen LogP contribution < -0.4 is 10.6 Å². The maximum absolute atomic E-state index is 11.7. The first-order valence-electron chi connectivity index (χ1n) is 6.99. The zero-order valence-electron chi connectivity index (χ0n) is 11.3. The quantitative estimate of drug-likeness (QED) is 0.669. The first kappa shape index (κ1) is 14.4. The lowest BCUT2D eigenvalue weighted by Gasteiger charge is -2.15. The lowest BCUT2D eigenvalue weighted by atomic mass is 10.1. The standard InChI is InChI=1S/C15H20N2O3/c18-14(19)13(12-6-2-1-3-7-12)17-15(20)16-10-4-5-11-8-9-11/h1-3,6-7,11,13H,4-5,8-10H2,(H,18,19)(H2,16,17,20)/t13-/m0/s1. The van der Waals surface area contributed by atoms with Crippen molar-refractivity contribution >= 4 is 12.0 Å². The molecular formula is C15H20N2O3. The first-order chi connectivity index (χ1) is 9.66. The molecule has 1 fully saturated rings. The van der Waals surface area contributed by atoms with Crippen LogP contribution in [0.1, 0.15) is 37.3 Å². The molecular weight excluding hydrogens is 256 g/mol. The van der Waals surface area contributed by atoms with Gasteiger partial charge in [-0.3, -0.25) is 0 Å². The molecule has 1 aromatic rings. The van der Waals surface area contributed by atoms with Gasteiger partial charge >= 0.3 is 12.0 Å². The summed E-state index contributed by atoms with van der Waals surface area (Å²) in [6.45, 7) is 0.587. The number of carbonyl (C=O) groups excluding carboxylic acids is 1. The van der Waals surface area contributed by atoms with Gasteiger partial charge in [-0.15, -0.1) is 0 Å². The number of benzene rings is 1. The second-order valence-corrected chi connectivity index (χ2v) is 5.17. The molecule has 0 bridgehead atoms. The highest BCUT2D eigenvalue weighted by Crippen LogP contribution is 2.33. The maximum atomic E-state index is 11.7. The molecule has 0 unspecified atom stereocenters. The molecule has 5 heteroatoms. The summed E-state index contributed by atoms with van der Waals surface area (Å²) in [4.78, 5) is 22.9. The molecule has 1 aliphatic carbocycles. The summed E-state index contributed by atoms with van der Waals surface area (Å²) in [5.74, 6) is -0.222. The van der Waals surface area contributed by atoms with Gasteiger partial charge < -0.3 is 15.7 Å². The maximum Gasteiger partial charge on any atom is 0.330 e. The summed E-state index contributed by atoms with van der Waals surface area (Å²) < 4.78 is 0. The minimum atomic E-state index is -1.07. The monoisotopic (exact) mass is 276 g/mol. The largest absolute Gasteiger partial charge is 0.479 e. The summed E-state index contributed by atoms with van der Waals surface area (Å²) in [5, 5.41) is 14.4. The van der Waals surface area contributed by atoms with Crippen LogP contribution in [-0.4, -0.2) is 23.7 Å². The number of carbonyl (C=O) groups is 2. The third-order valence-corrected chi connectivity index (χ3v) is 3.43. The smallest absolute Gasteiger partial charge is 0.330 e. The van der Waals surface area contributed by atoms with Crippen molar-refractivity contribution in [2.24, 2.45) is 5.92 Å². The zero-order chi connectivity index (χ0) is 14.4. The van der Waals surface area contributed by atoms with Crippen LogP contribution in [0.5, 0.6) is 0 Å². The molecule has 1 saturated carbocycles. The average Bonchev–Trinajstić information content (AvgIpc) is 3.26. The van der Waals surface area contributed by atoms with Gasteiger partial charge in [-0.05, 0) is 24.3 Å². The Kier molecular flexibility index (Phi) is 4.98. The lowest BCUT2D eigenvalue weighted by molar-refractivity contribution is -0.139. The molecule has 0 aliphatic heterocycles. The Bertz CT molecular complexity index is 457. The number of carboxylic acids is 1. The van der Waals surface area contributed by atoms with E-state index in [4.69, 9.17) is 0 Å². The van der Waals surface area contributed by atoms with Crippen molar-refractivity contribution in [1.82, 2.24) is 10.6 Å². The van der Waals surface area contributed by atoms with Crippen molar-refractivity contribution in [3.63, 3.8) is 0 Å². The van der Waals surface area contributed by atoms with Crippen molar-refractivity contribution in [3.05, 3.63) is 35.9 Å². The van der Waals surface area contributed by atoms with Gasteiger partial charge in [-0.25, -0.2) is 9.59 Å². The number of carboxylic acid groups (broad SMARTS) is 1. The number of urea groups is 1. The highest BCUT2D eigenvalue weighted by atomic mass is 16.4. The van der Waals surface area contributed by atoms with Gasteiger partial charge in [0.25, 0.3) is 0 Å². The molecule has 20 heavy (non-hydrogen) atoms. The Hall–Kier alpha value is -2.04. The Morgan fingerprint density at radius 1 is 1.25 bits per heavy atom. The number of aliphatic carboxylic acids is 1. The van der Waals surface area contributed by atoms with Crippen LogP contribution in [0.25, 0.3) is 0 Å². The number of hydrogen-bond donors (Lipinski definition) is 3. The van der Waals surface area contributed by atoms with Crippen molar-refractivity contribution in [2.45, 2.75) is 31.7 Å². The Labute approximate surface area is 118 Å². The second kappa shape index (κ2) is 6.93. The SMILES string of the molecule is O=C(NCCCC1CC1)N[C@H](C(=O)O)c1ccccc1. The third-order valence-electron chi connectivity index (χ3n) is 3.43. The topological polar surface area (TPSA) is 78.4 Å². The van der Waals surface area contributed by atoms with E-state index in [1.54, 1.807) is 30.3 Å². The molecule has 0 heterocycles. The fourth-order valence-corrected chi connectivity index (χ4v) is 2.11. The van der Waals surface area contributed by atoms with E-state index >= 15 is 0 Å². The van der Waals surface area contributed by atoms with Crippen LogP contribution in [-0.2, 0) is 4.79 Å². The highest BCUT2D eigenvalue weighted by molar-refractivity contribution is 5.83. The summed E-state index contributed by atoms with van der Waals surface area (Å²) in [5.41, 5.74) is 0.563. The molecule has 5 nitrogen and oxygen atoms in total. The van der Waals surface area contributed by atoms with Gasteiger partial charge in [0, 0.05) is 6.54 Å². The first-order valence-corrected chi connectivity index (χ1v) is 6.99. The Morgan fingerprint density at radius 2 is 1.95 bits per heavy atom. The molecule has 2 rings (SSSR count). The number of hydrogen-bond acceptors (Lipinski definition) is 2. The predicted molar refractivity (Wildman–Crippen MR) is 75.3 cm³/mol. The van der Waals surface area contributed by atoms with E-state index in [0.717, 1.165) is 18.8 Å². The molecule has 0 radical (unpaired) electrons. The van der Waals surface area contributed by atoms with E-state index in [1.807, 2.05) is 0 Å². The molecule has 1 atom stereocenters. The van der Waals surface area contributed by atoms with Crippen LogP contribution in [0.15, 0.2) is 30.3 Å². The minimum Gasteiger partial charge on any atom is -0.479 e. The van der Waals surface area contributed by atoms with Crippen LogP contribution >= 0.6 is 0 Å². The summed E-state index contributed by atoms with van der Waals surface area (Å²) in [6.07, 6.45) is 4.70. The Morgan fingerprint density at radius 3 is 2.55 bits per heavy atom. The van der Waals surface area contributed by atoms with Crippen molar-refractivity contribution in [1.29, 1.82) is 0 Å². The number of amides is 2. The van der Waals surface area contributed by atoms with E-state index in [-0.39, 0.29) is 0 Å². The molecule has 3 N–H and O–H groups in total. The van der Waals surface area contributed by atoms with Crippen LogP contribution in [0.3, 0.4) is 0 Å². The van der Waals surface area contributed by atoms with E-state index in [1.165, 1.54) is 12.8 Å². The predicted octanol–water partition coefficient (Wildman–Crippen LogP) is 2.30. The van der Waals surface area contributed by atoms with Gasteiger partial charge in [-0.1, -0.05) is 43.2 Å². The fraction of sp³-hybridized carbons (Fsp3) is 0.467. The molecule has 0 aromatic heterocycles. The average molecular weight is 276 g/mol. The van der Waals surface area contributed by atoms with Gasteiger partial charge in [0.1, 0.15) is 0 Å². The number of nitrogens with one attached hydrogen (secondary N) is 2. The van der Waals surface area contributed by atoms with Crippen LogP contribution in [0.4, 0.5) is 4.79 Å². The Balaban J connectivity index is 1.78. The molecule has 1 aromatic carbocycles. The highest BCUT2D eigenvalue weighted by Gasteiger charge is 2.22. The molecule has 0 spiro atoms. The minimum absolute atomic E-state index is 0.433. The van der Waals surface area contributed by atoms with E-state index in [2.05, 4.69) is 10.6 Å². The van der Waals surface area contributed by atoms with Crippen molar-refractivity contribution in [3.8, 4) is 0 Å². The van der Waals surface area contributed by atoms with Crippen LogP contribution in [0.2, 0.25) is 0 Å².